The largest absolute Gasteiger partial charge is 0.316 e. The van der Waals surface area contributed by atoms with Gasteiger partial charge in [-0.1, -0.05) is 6.92 Å². The van der Waals surface area contributed by atoms with Gasteiger partial charge >= 0.3 is 0 Å². The van der Waals surface area contributed by atoms with Gasteiger partial charge in [-0.15, -0.1) is 0 Å². The van der Waals surface area contributed by atoms with Gasteiger partial charge in [-0.3, -0.25) is 4.90 Å². The molecule has 20 heavy (non-hydrogen) atoms. The van der Waals surface area contributed by atoms with Gasteiger partial charge in [0.2, 0.25) is 0 Å². The van der Waals surface area contributed by atoms with Gasteiger partial charge in [0.15, 0.2) is 0 Å². The molecule has 3 nitrogen and oxygen atoms in total. The number of likely N-dealkylation sites (tertiary alicyclic amines) is 2. The third kappa shape index (κ3) is 2.65. The molecule has 0 bridgehead atoms. The first-order valence-electron chi connectivity index (χ1n) is 8.92. The predicted octanol–water partition coefficient (Wildman–Crippen LogP) is 1.93. The third-order valence-corrected chi connectivity index (χ3v) is 6.27. The Morgan fingerprint density at radius 3 is 2.80 bits per heavy atom. The number of hydrogen-bond acceptors (Lipinski definition) is 3. The molecule has 0 aromatic heterocycles. The number of piperidine rings is 2. The van der Waals surface area contributed by atoms with Crippen molar-refractivity contribution in [3.05, 3.63) is 0 Å². The van der Waals surface area contributed by atoms with Gasteiger partial charge in [0.25, 0.3) is 0 Å². The fraction of sp³-hybridized carbons (Fsp3) is 1.00. The van der Waals surface area contributed by atoms with Crippen molar-refractivity contribution in [2.75, 3.05) is 39.3 Å². The van der Waals surface area contributed by atoms with E-state index in [1.165, 1.54) is 77.8 Å². The molecule has 0 amide bonds. The molecule has 0 aromatic rings. The highest BCUT2D eigenvalue weighted by Crippen LogP contribution is 2.39. The van der Waals surface area contributed by atoms with Crippen LogP contribution in [-0.2, 0) is 0 Å². The molecule has 3 aliphatic heterocycles. The molecule has 1 N–H and O–H groups in total. The van der Waals surface area contributed by atoms with E-state index in [1.54, 1.807) is 0 Å². The van der Waals surface area contributed by atoms with Gasteiger partial charge in [-0.05, 0) is 69.5 Å². The zero-order chi connectivity index (χ0) is 13.6. The average Bonchev–Trinajstić information content (AvgIpc) is 3.21. The van der Waals surface area contributed by atoms with E-state index < -0.39 is 0 Å². The lowest BCUT2D eigenvalue weighted by molar-refractivity contribution is 0.00686. The maximum Gasteiger partial charge on any atom is 0.0151 e. The maximum absolute atomic E-state index is 3.55. The minimum Gasteiger partial charge on any atom is -0.316 e. The maximum atomic E-state index is 3.55. The van der Waals surface area contributed by atoms with Crippen LogP contribution in [0.4, 0.5) is 0 Å². The highest BCUT2D eigenvalue weighted by Gasteiger charge is 2.42. The first-order valence-corrected chi connectivity index (χ1v) is 8.92. The lowest BCUT2D eigenvalue weighted by Crippen LogP contribution is -2.56. The van der Waals surface area contributed by atoms with E-state index >= 15 is 0 Å². The Hall–Kier alpha value is -0.120. The summed E-state index contributed by atoms with van der Waals surface area (Å²) in [5.41, 5.74) is 0.539. The second-order valence-electron chi connectivity index (χ2n) is 8.20. The third-order valence-electron chi connectivity index (χ3n) is 6.27. The van der Waals surface area contributed by atoms with Crippen molar-refractivity contribution in [2.24, 2.45) is 11.3 Å². The van der Waals surface area contributed by atoms with Gasteiger partial charge in [0, 0.05) is 31.7 Å². The number of rotatable bonds is 3. The van der Waals surface area contributed by atoms with Gasteiger partial charge < -0.3 is 10.2 Å². The van der Waals surface area contributed by atoms with Crippen molar-refractivity contribution in [1.29, 1.82) is 0 Å². The van der Waals surface area contributed by atoms with Crippen LogP contribution in [0, 0.1) is 11.3 Å². The summed E-state index contributed by atoms with van der Waals surface area (Å²) in [6.45, 7) is 10.4. The summed E-state index contributed by atoms with van der Waals surface area (Å²) in [6.07, 6.45) is 8.70. The monoisotopic (exact) mass is 277 g/mol. The van der Waals surface area contributed by atoms with Crippen LogP contribution in [0.2, 0.25) is 0 Å². The molecule has 3 unspecified atom stereocenters. The molecular formula is C17H31N3. The molecule has 3 heterocycles. The van der Waals surface area contributed by atoms with Crippen molar-refractivity contribution in [3.63, 3.8) is 0 Å². The summed E-state index contributed by atoms with van der Waals surface area (Å²) in [5, 5.41) is 3.55. The Kier molecular flexibility index (Phi) is 3.56. The van der Waals surface area contributed by atoms with Gasteiger partial charge in [0.1, 0.15) is 0 Å². The molecule has 3 saturated heterocycles. The lowest BCUT2D eigenvalue weighted by atomic mass is 9.82. The summed E-state index contributed by atoms with van der Waals surface area (Å²) in [4.78, 5) is 5.69. The molecule has 3 heteroatoms. The van der Waals surface area contributed by atoms with E-state index in [9.17, 15) is 0 Å². The fourth-order valence-corrected chi connectivity index (χ4v) is 5.06. The Balaban J connectivity index is 1.37. The molecule has 0 radical (unpaired) electrons. The van der Waals surface area contributed by atoms with Crippen molar-refractivity contribution in [2.45, 2.75) is 57.5 Å². The zero-order valence-electron chi connectivity index (χ0n) is 13.1. The number of nitrogens with one attached hydrogen (secondary N) is 1. The van der Waals surface area contributed by atoms with Crippen molar-refractivity contribution in [1.82, 2.24) is 15.1 Å². The van der Waals surface area contributed by atoms with Gasteiger partial charge in [-0.2, -0.15) is 0 Å². The van der Waals surface area contributed by atoms with E-state index in [0.717, 1.165) is 18.0 Å². The molecule has 0 spiro atoms. The predicted molar refractivity (Wildman–Crippen MR) is 82.9 cm³/mol. The van der Waals surface area contributed by atoms with E-state index in [0.29, 0.717) is 5.41 Å². The van der Waals surface area contributed by atoms with Crippen LogP contribution in [-0.4, -0.2) is 61.2 Å². The Bertz CT molecular complexity index is 346. The molecule has 1 saturated carbocycles. The quantitative estimate of drug-likeness (QED) is 0.850. The summed E-state index contributed by atoms with van der Waals surface area (Å²) in [5.74, 6) is 0.969. The van der Waals surface area contributed by atoms with Crippen molar-refractivity contribution >= 4 is 0 Å². The van der Waals surface area contributed by atoms with E-state index in [2.05, 4.69) is 22.0 Å². The van der Waals surface area contributed by atoms with Crippen molar-refractivity contribution in [3.8, 4) is 0 Å². The van der Waals surface area contributed by atoms with Crippen LogP contribution in [0.25, 0.3) is 0 Å². The van der Waals surface area contributed by atoms with Crippen LogP contribution >= 0.6 is 0 Å². The topological polar surface area (TPSA) is 18.5 Å². The van der Waals surface area contributed by atoms with Gasteiger partial charge in [-0.25, -0.2) is 0 Å². The smallest absolute Gasteiger partial charge is 0.0151 e. The van der Waals surface area contributed by atoms with E-state index in [1.807, 2.05) is 0 Å². The Morgan fingerprint density at radius 2 is 2.05 bits per heavy atom. The zero-order valence-corrected chi connectivity index (χ0v) is 13.1. The molecule has 114 valence electrons. The molecule has 1 aliphatic carbocycles. The average molecular weight is 277 g/mol. The second-order valence-corrected chi connectivity index (χ2v) is 8.20. The SMILES string of the molecule is CC1(CN2CCC3C(CCCN3C3CC3)C2)CCNC1. The molecule has 4 aliphatic rings. The van der Waals surface area contributed by atoms with Crippen LogP contribution in [0.5, 0.6) is 0 Å². The van der Waals surface area contributed by atoms with Crippen molar-refractivity contribution < 1.29 is 0 Å². The van der Waals surface area contributed by atoms with Gasteiger partial charge in [0.05, 0.1) is 0 Å². The highest BCUT2D eigenvalue weighted by atomic mass is 15.3. The summed E-state index contributed by atoms with van der Waals surface area (Å²) < 4.78 is 0. The Labute approximate surface area is 124 Å². The second kappa shape index (κ2) is 5.26. The van der Waals surface area contributed by atoms with Crippen LogP contribution in [0.3, 0.4) is 0 Å². The summed E-state index contributed by atoms with van der Waals surface area (Å²) in [7, 11) is 0. The van der Waals surface area contributed by atoms with E-state index in [-0.39, 0.29) is 0 Å². The van der Waals surface area contributed by atoms with Crippen LogP contribution < -0.4 is 5.32 Å². The molecule has 4 fully saturated rings. The number of nitrogens with zero attached hydrogens (tertiary/aromatic N) is 2. The molecular weight excluding hydrogens is 246 g/mol. The van der Waals surface area contributed by atoms with Crippen LogP contribution in [0.15, 0.2) is 0 Å². The highest BCUT2D eigenvalue weighted by molar-refractivity contribution is 4.98. The molecule has 3 atom stereocenters. The molecule has 0 aromatic carbocycles. The summed E-state index contributed by atoms with van der Waals surface area (Å²) in [6, 6.07) is 1.91. The Morgan fingerprint density at radius 1 is 1.15 bits per heavy atom. The van der Waals surface area contributed by atoms with Crippen LogP contribution in [0.1, 0.15) is 45.4 Å². The minimum absolute atomic E-state index is 0.539. The van der Waals surface area contributed by atoms with E-state index in [4.69, 9.17) is 0 Å². The normalized spacial score (nSPS) is 43.6. The number of hydrogen-bond donors (Lipinski definition) is 1. The minimum atomic E-state index is 0.539. The molecule has 4 rings (SSSR count). The fourth-order valence-electron chi connectivity index (χ4n) is 5.06. The summed E-state index contributed by atoms with van der Waals surface area (Å²) >= 11 is 0. The number of fused-ring (bicyclic) bond motifs is 1. The standard InChI is InChI=1S/C17H31N3/c1-17(7-8-18-12-17)13-19-10-6-16-14(11-19)3-2-9-20(16)15-4-5-15/h14-16,18H,2-13H2,1H3. The lowest BCUT2D eigenvalue weighted by Gasteiger charge is -2.48. The first kappa shape index (κ1) is 13.5. The first-order chi connectivity index (χ1) is 9.73.